The number of hydrogen-bond donors (Lipinski definition) is 1. The van der Waals surface area contributed by atoms with Gasteiger partial charge in [-0.1, -0.05) is 0 Å². The van der Waals surface area contributed by atoms with Crippen LogP contribution in [0.3, 0.4) is 0 Å². The van der Waals surface area contributed by atoms with E-state index in [4.69, 9.17) is 4.74 Å². The molecule has 1 amide bonds. The number of rotatable bonds is 4. The van der Waals surface area contributed by atoms with E-state index >= 15 is 0 Å². The summed E-state index contributed by atoms with van der Waals surface area (Å²) in [5.74, 6) is -0.941. The van der Waals surface area contributed by atoms with E-state index in [2.05, 4.69) is 10.3 Å². The predicted octanol–water partition coefficient (Wildman–Crippen LogP) is 1.58. The highest BCUT2D eigenvalue weighted by molar-refractivity contribution is 5.91. The van der Waals surface area contributed by atoms with Crippen LogP contribution in [0.25, 0.3) is 0 Å². The zero-order valence-corrected chi connectivity index (χ0v) is 8.66. The van der Waals surface area contributed by atoms with E-state index in [0.717, 1.165) is 6.20 Å². The van der Waals surface area contributed by atoms with Crippen LogP contribution in [0.15, 0.2) is 18.5 Å². The minimum Gasteiger partial charge on any atom is -0.369 e. The van der Waals surface area contributed by atoms with Crippen molar-refractivity contribution in [1.82, 2.24) is 4.98 Å². The summed E-state index contributed by atoms with van der Waals surface area (Å²) in [6, 6.07) is 1.39. The van der Waals surface area contributed by atoms with Crippen molar-refractivity contribution in [3.8, 4) is 0 Å². The third-order valence-corrected chi connectivity index (χ3v) is 1.59. The van der Waals surface area contributed by atoms with Crippen molar-refractivity contribution in [3.05, 3.63) is 24.3 Å². The van der Waals surface area contributed by atoms with Gasteiger partial charge in [-0.05, 0) is 19.9 Å². The molecule has 1 aromatic rings. The van der Waals surface area contributed by atoms with Gasteiger partial charge in [-0.2, -0.15) is 0 Å². The molecular weight excluding hydrogens is 199 g/mol. The Balaban J connectivity index is 2.48. The molecule has 0 unspecified atom stereocenters. The zero-order chi connectivity index (χ0) is 11.3. The Hall–Kier alpha value is -1.49. The maximum atomic E-state index is 13.0. The Morgan fingerprint density at radius 2 is 2.40 bits per heavy atom. The van der Waals surface area contributed by atoms with Crippen molar-refractivity contribution in [2.24, 2.45) is 0 Å². The Morgan fingerprint density at radius 3 is 3.00 bits per heavy atom. The molecule has 1 rings (SSSR count). The number of halogens is 1. The summed E-state index contributed by atoms with van der Waals surface area (Å²) in [6.07, 6.45) is 2.42. The molecule has 0 aliphatic rings. The van der Waals surface area contributed by atoms with Gasteiger partial charge in [0, 0.05) is 6.20 Å². The SMILES string of the molecule is CC(C)OCC(=O)Nc1ccncc1F. The molecule has 1 aromatic heterocycles. The lowest BCUT2D eigenvalue weighted by molar-refractivity contribution is -0.121. The molecule has 1 N–H and O–H groups in total. The summed E-state index contributed by atoms with van der Waals surface area (Å²) < 4.78 is 18.1. The third kappa shape index (κ3) is 4.03. The van der Waals surface area contributed by atoms with Crippen molar-refractivity contribution in [1.29, 1.82) is 0 Å². The first-order valence-electron chi connectivity index (χ1n) is 4.60. The number of ether oxygens (including phenoxy) is 1. The first-order chi connectivity index (χ1) is 7.09. The van der Waals surface area contributed by atoms with Crippen molar-refractivity contribution in [2.75, 3.05) is 11.9 Å². The number of pyridine rings is 1. The molecule has 0 aliphatic carbocycles. The van der Waals surface area contributed by atoms with Crippen LogP contribution in [0.1, 0.15) is 13.8 Å². The summed E-state index contributed by atoms with van der Waals surface area (Å²) in [6.45, 7) is 3.56. The Bertz CT molecular complexity index is 342. The zero-order valence-electron chi connectivity index (χ0n) is 8.66. The molecule has 0 aromatic carbocycles. The van der Waals surface area contributed by atoms with Crippen molar-refractivity contribution < 1.29 is 13.9 Å². The molecule has 15 heavy (non-hydrogen) atoms. The van der Waals surface area contributed by atoms with Gasteiger partial charge in [0.1, 0.15) is 6.61 Å². The first kappa shape index (κ1) is 11.6. The lowest BCUT2D eigenvalue weighted by Crippen LogP contribution is -2.21. The summed E-state index contributed by atoms with van der Waals surface area (Å²) >= 11 is 0. The van der Waals surface area contributed by atoms with Gasteiger partial charge in [-0.3, -0.25) is 9.78 Å². The van der Waals surface area contributed by atoms with E-state index < -0.39 is 5.82 Å². The highest BCUT2D eigenvalue weighted by Gasteiger charge is 2.07. The standard InChI is InChI=1S/C10H13FN2O2/c1-7(2)15-6-10(14)13-9-3-4-12-5-8(9)11/h3-5,7H,6H2,1-2H3,(H,12,13,14). The van der Waals surface area contributed by atoms with Gasteiger partial charge in [0.25, 0.3) is 0 Å². The normalized spacial score (nSPS) is 10.4. The van der Waals surface area contributed by atoms with Gasteiger partial charge >= 0.3 is 0 Å². The molecule has 0 radical (unpaired) electrons. The van der Waals surface area contributed by atoms with E-state index in [0.29, 0.717) is 0 Å². The lowest BCUT2D eigenvalue weighted by Gasteiger charge is -2.08. The van der Waals surface area contributed by atoms with Crippen LogP contribution in [0.2, 0.25) is 0 Å². The van der Waals surface area contributed by atoms with Crippen molar-refractivity contribution in [2.45, 2.75) is 20.0 Å². The van der Waals surface area contributed by atoms with Crippen LogP contribution in [-0.2, 0) is 9.53 Å². The quantitative estimate of drug-likeness (QED) is 0.824. The predicted molar refractivity (Wildman–Crippen MR) is 53.9 cm³/mol. The van der Waals surface area contributed by atoms with Crippen molar-refractivity contribution in [3.63, 3.8) is 0 Å². The minimum absolute atomic E-state index is 0.0296. The van der Waals surface area contributed by atoms with Gasteiger partial charge in [0.15, 0.2) is 5.82 Å². The molecule has 1 heterocycles. The fourth-order valence-electron chi connectivity index (χ4n) is 0.905. The highest BCUT2D eigenvalue weighted by atomic mass is 19.1. The van der Waals surface area contributed by atoms with Crippen LogP contribution in [0, 0.1) is 5.82 Å². The summed E-state index contributed by atoms with van der Waals surface area (Å²) in [5, 5.41) is 2.39. The Labute approximate surface area is 87.5 Å². The second-order valence-corrected chi connectivity index (χ2v) is 3.26. The molecule has 0 saturated heterocycles. The topological polar surface area (TPSA) is 51.2 Å². The van der Waals surface area contributed by atoms with E-state index in [1.54, 1.807) is 0 Å². The summed E-state index contributed by atoms with van der Waals surface area (Å²) in [4.78, 5) is 14.8. The lowest BCUT2D eigenvalue weighted by atomic mass is 10.4. The molecular formula is C10H13FN2O2. The highest BCUT2D eigenvalue weighted by Crippen LogP contribution is 2.10. The van der Waals surface area contributed by atoms with E-state index in [1.807, 2.05) is 13.8 Å². The molecule has 4 nitrogen and oxygen atoms in total. The average Bonchev–Trinajstić information content (AvgIpc) is 2.18. The van der Waals surface area contributed by atoms with Gasteiger partial charge in [-0.15, -0.1) is 0 Å². The van der Waals surface area contributed by atoms with Crippen LogP contribution < -0.4 is 5.32 Å². The summed E-state index contributed by atoms with van der Waals surface area (Å²) in [7, 11) is 0. The maximum Gasteiger partial charge on any atom is 0.250 e. The van der Waals surface area contributed by atoms with Gasteiger partial charge < -0.3 is 10.1 Å². The molecule has 0 atom stereocenters. The van der Waals surface area contributed by atoms with Gasteiger partial charge in [0.2, 0.25) is 5.91 Å². The van der Waals surface area contributed by atoms with Crippen LogP contribution in [-0.4, -0.2) is 23.6 Å². The number of hydrogen-bond acceptors (Lipinski definition) is 3. The second kappa shape index (κ2) is 5.41. The molecule has 0 bridgehead atoms. The fourth-order valence-corrected chi connectivity index (χ4v) is 0.905. The van der Waals surface area contributed by atoms with Crippen LogP contribution in [0.5, 0.6) is 0 Å². The average molecular weight is 212 g/mol. The largest absolute Gasteiger partial charge is 0.369 e. The Kier molecular flexibility index (Phi) is 4.17. The second-order valence-electron chi connectivity index (χ2n) is 3.26. The van der Waals surface area contributed by atoms with Crippen molar-refractivity contribution >= 4 is 11.6 Å². The number of anilines is 1. The number of carbonyl (C=O) groups excluding carboxylic acids is 1. The molecule has 82 valence electrons. The van der Waals surface area contributed by atoms with E-state index in [1.165, 1.54) is 12.3 Å². The molecule has 0 saturated carbocycles. The van der Waals surface area contributed by atoms with Gasteiger partial charge in [-0.25, -0.2) is 4.39 Å². The van der Waals surface area contributed by atoms with E-state index in [9.17, 15) is 9.18 Å². The monoisotopic (exact) mass is 212 g/mol. The minimum atomic E-state index is -0.560. The fraction of sp³-hybridized carbons (Fsp3) is 0.400. The van der Waals surface area contributed by atoms with Crippen LogP contribution in [0.4, 0.5) is 10.1 Å². The first-order valence-corrected chi connectivity index (χ1v) is 4.60. The number of carbonyl (C=O) groups is 1. The number of nitrogens with zero attached hydrogens (tertiary/aromatic N) is 1. The maximum absolute atomic E-state index is 13.0. The third-order valence-electron chi connectivity index (χ3n) is 1.59. The molecule has 0 spiro atoms. The number of aromatic nitrogens is 1. The molecule has 0 aliphatic heterocycles. The number of nitrogens with one attached hydrogen (secondary N) is 1. The van der Waals surface area contributed by atoms with Crippen LogP contribution >= 0.6 is 0 Å². The number of amides is 1. The van der Waals surface area contributed by atoms with E-state index in [-0.39, 0.29) is 24.3 Å². The molecule has 5 heteroatoms. The summed E-state index contributed by atoms with van der Waals surface area (Å²) in [5.41, 5.74) is 0.113. The van der Waals surface area contributed by atoms with Gasteiger partial charge in [0.05, 0.1) is 18.0 Å². The Morgan fingerprint density at radius 1 is 1.67 bits per heavy atom. The molecule has 0 fully saturated rings. The smallest absolute Gasteiger partial charge is 0.250 e.